The Bertz CT molecular complexity index is 1330. The van der Waals surface area contributed by atoms with Crippen molar-refractivity contribution in [3.8, 4) is 11.5 Å². The standard InChI is InChI=1S/C29H31ClN2O3S/c1-6-34-25-15-21(16-26-28(33)32(19(4)5)29(36-26)31-18(2)3)14-24(30)27(25)35-17-20-11-12-22-9-7-8-10-23(22)13-20/h7-16,18-19H,6,17H2,1-5H3/b26-16+,31-29?. The molecule has 0 atom stereocenters. The fourth-order valence-corrected chi connectivity index (χ4v) is 5.47. The average molecular weight is 523 g/mol. The van der Waals surface area contributed by atoms with Gasteiger partial charge in [0.05, 0.1) is 16.5 Å². The van der Waals surface area contributed by atoms with Crippen LogP contribution >= 0.6 is 23.4 Å². The number of hydrogen-bond acceptors (Lipinski definition) is 5. The molecule has 0 N–H and O–H groups in total. The summed E-state index contributed by atoms with van der Waals surface area (Å²) in [4.78, 5) is 20.1. The highest BCUT2D eigenvalue weighted by Crippen LogP contribution is 2.40. The number of fused-ring (bicyclic) bond motifs is 1. The quantitative estimate of drug-likeness (QED) is 0.286. The van der Waals surface area contributed by atoms with Crippen molar-refractivity contribution < 1.29 is 14.3 Å². The van der Waals surface area contributed by atoms with Crippen LogP contribution in [0, 0.1) is 0 Å². The van der Waals surface area contributed by atoms with Gasteiger partial charge in [0.2, 0.25) is 0 Å². The molecule has 1 aliphatic rings. The molecule has 0 aliphatic carbocycles. The zero-order chi connectivity index (χ0) is 25.8. The topological polar surface area (TPSA) is 51.1 Å². The monoisotopic (exact) mass is 522 g/mol. The molecule has 0 spiro atoms. The molecular weight excluding hydrogens is 492 g/mol. The lowest BCUT2D eigenvalue weighted by Crippen LogP contribution is -2.35. The largest absolute Gasteiger partial charge is 0.490 e. The molecule has 7 heteroatoms. The van der Waals surface area contributed by atoms with Crippen LogP contribution in [0.5, 0.6) is 11.5 Å². The Balaban J connectivity index is 1.61. The van der Waals surface area contributed by atoms with Crippen LogP contribution in [-0.2, 0) is 11.4 Å². The summed E-state index contributed by atoms with van der Waals surface area (Å²) < 4.78 is 12.0. The number of carbonyl (C=O) groups is 1. The van der Waals surface area contributed by atoms with E-state index in [1.165, 1.54) is 17.1 Å². The molecule has 1 heterocycles. The summed E-state index contributed by atoms with van der Waals surface area (Å²) in [7, 11) is 0. The van der Waals surface area contributed by atoms with Gasteiger partial charge in [-0.05, 0) is 92.6 Å². The van der Waals surface area contributed by atoms with Crippen LogP contribution in [0.2, 0.25) is 5.02 Å². The first kappa shape index (κ1) is 26.1. The van der Waals surface area contributed by atoms with E-state index in [-0.39, 0.29) is 18.0 Å². The maximum Gasteiger partial charge on any atom is 0.266 e. The molecule has 1 aliphatic heterocycles. The number of rotatable bonds is 8. The predicted molar refractivity (Wildman–Crippen MR) is 151 cm³/mol. The Morgan fingerprint density at radius 2 is 1.78 bits per heavy atom. The zero-order valence-electron chi connectivity index (χ0n) is 21.2. The van der Waals surface area contributed by atoms with E-state index in [1.807, 2.05) is 58.9 Å². The van der Waals surface area contributed by atoms with E-state index in [0.717, 1.165) is 21.7 Å². The van der Waals surface area contributed by atoms with Crippen molar-refractivity contribution >= 4 is 51.3 Å². The summed E-state index contributed by atoms with van der Waals surface area (Å²) in [6, 6.07) is 18.2. The minimum Gasteiger partial charge on any atom is -0.490 e. The van der Waals surface area contributed by atoms with Gasteiger partial charge < -0.3 is 9.47 Å². The molecule has 188 valence electrons. The van der Waals surface area contributed by atoms with E-state index in [4.69, 9.17) is 21.1 Å². The number of nitrogens with zero attached hydrogens (tertiary/aromatic N) is 2. The summed E-state index contributed by atoms with van der Waals surface area (Å²) in [6.07, 6.45) is 1.84. The lowest BCUT2D eigenvalue weighted by atomic mass is 10.1. The number of amides is 1. The van der Waals surface area contributed by atoms with Gasteiger partial charge in [0.15, 0.2) is 16.7 Å². The van der Waals surface area contributed by atoms with Crippen LogP contribution in [0.4, 0.5) is 0 Å². The van der Waals surface area contributed by atoms with Crippen LogP contribution in [0.25, 0.3) is 16.8 Å². The first-order valence-corrected chi connectivity index (χ1v) is 13.3. The second-order valence-electron chi connectivity index (χ2n) is 9.12. The fourth-order valence-electron chi connectivity index (χ4n) is 3.96. The van der Waals surface area contributed by atoms with Crippen molar-refractivity contribution in [2.75, 3.05) is 6.61 Å². The van der Waals surface area contributed by atoms with Crippen molar-refractivity contribution in [1.29, 1.82) is 0 Å². The van der Waals surface area contributed by atoms with Gasteiger partial charge in [-0.15, -0.1) is 0 Å². The number of halogens is 1. The molecule has 4 rings (SSSR count). The number of benzene rings is 3. The SMILES string of the molecule is CCOc1cc(/C=C2/SC(=NC(C)C)N(C(C)C)C2=O)cc(Cl)c1OCc1ccc2ccccc2c1. The zero-order valence-corrected chi connectivity index (χ0v) is 22.8. The first-order chi connectivity index (χ1) is 17.3. The summed E-state index contributed by atoms with van der Waals surface area (Å²) in [6.45, 7) is 10.7. The van der Waals surface area contributed by atoms with Crippen molar-refractivity contribution in [2.45, 2.75) is 53.3 Å². The fraction of sp³-hybridized carbons (Fsp3) is 0.310. The highest BCUT2D eigenvalue weighted by Gasteiger charge is 2.35. The Hall–Kier alpha value is -2.96. The molecule has 0 bridgehead atoms. The second kappa shape index (κ2) is 11.4. The molecule has 0 aromatic heterocycles. The van der Waals surface area contributed by atoms with E-state index in [1.54, 1.807) is 11.0 Å². The number of aliphatic imine (C=N–C) groups is 1. The smallest absolute Gasteiger partial charge is 0.266 e. The lowest BCUT2D eigenvalue weighted by molar-refractivity contribution is -0.123. The molecule has 36 heavy (non-hydrogen) atoms. The molecule has 1 fully saturated rings. The molecular formula is C29H31ClN2O3S. The number of hydrogen-bond donors (Lipinski definition) is 0. The highest BCUT2D eigenvalue weighted by atomic mass is 35.5. The maximum atomic E-state index is 13.1. The van der Waals surface area contributed by atoms with E-state index in [9.17, 15) is 4.79 Å². The van der Waals surface area contributed by atoms with Crippen molar-refractivity contribution in [1.82, 2.24) is 4.90 Å². The second-order valence-corrected chi connectivity index (χ2v) is 10.5. The van der Waals surface area contributed by atoms with Gasteiger partial charge in [-0.2, -0.15) is 0 Å². The van der Waals surface area contributed by atoms with Crippen LogP contribution in [-0.4, -0.2) is 34.7 Å². The van der Waals surface area contributed by atoms with Gasteiger partial charge in [0.25, 0.3) is 5.91 Å². The van der Waals surface area contributed by atoms with Crippen molar-refractivity contribution in [2.24, 2.45) is 4.99 Å². The van der Waals surface area contributed by atoms with Gasteiger partial charge >= 0.3 is 0 Å². The third-order valence-corrected chi connectivity index (χ3v) is 6.83. The predicted octanol–water partition coefficient (Wildman–Crippen LogP) is 7.56. The van der Waals surface area contributed by atoms with Crippen LogP contribution < -0.4 is 9.47 Å². The van der Waals surface area contributed by atoms with E-state index >= 15 is 0 Å². The highest BCUT2D eigenvalue weighted by molar-refractivity contribution is 8.18. The Kier molecular flexibility index (Phi) is 8.27. The normalized spacial score (nSPS) is 16.2. The van der Waals surface area contributed by atoms with Crippen LogP contribution in [0.3, 0.4) is 0 Å². The molecule has 1 saturated heterocycles. The van der Waals surface area contributed by atoms with Crippen molar-refractivity contribution in [3.05, 3.63) is 75.7 Å². The van der Waals surface area contributed by atoms with Gasteiger partial charge in [-0.1, -0.05) is 48.0 Å². The van der Waals surface area contributed by atoms with Gasteiger partial charge in [-0.3, -0.25) is 14.7 Å². The van der Waals surface area contributed by atoms with E-state index in [0.29, 0.717) is 34.6 Å². The summed E-state index contributed by atoms with van der Waals surface area (Å²) >= 11 is 8.06. The van der Waals surface area contributed by atoms with Gasteiger partial charge in [0.1, 0.15) is 6.61 Å². The molecule has 1 amide bonds. The van der Waals surface area contributed by atoms with Crippen LogP contribution in [0.15, 0.2) is 64.5 Å². The first-order valence-electron chi connectivity index (χ1n) is 12.1. The minimum atomic E-state index is -0.0555. The Labute approximate surface area is 222 Å². The molecule has 0 saturated carbocycles. The van der Waals surface area contributed by atoms with Gasteiger partial charge in [-0.25, -0.2) is 0 Å². The molecule has 0 radical (unpaired) electrons. The summed E-state index contributed by atoms with van der Waals surface area (Å²) in [5.41, 5.74) is 1.81. The number of carbonyl (C=O) groups excluding carboxylic acids is 1. The van der Waals surface area contributed by atoms with Crippen LogP contribution in [0.1, 0.15) is 45.7 Å². The Morgan fingerprint density at radius 1 is 1.03 bits per heavy atom. The minimum absolute atomic E-state index is 0.0156. The number of thioether (sulfide) groups is 1. The van der Waals surface area contributed by atoms with E-state index < -0.39 is 0 Å². The third-order valence-electron chi connectivity index (χ3n) is 5.55. The summed E-state index contributed by atoms with van der Waals surface area (Å²) in [5.74, 6) is 0.982. The number of ether oxygens (including phenoxy) is 2. The van der Waals surface area contributed by atoms with Gasteiger partial charge in [0, 0.05) is 12.1 Å². The number of amidine groups is 1. The third kappa shape index (κ3) is 5.88. The Morgan fingerprint density at radius 3 is 2.47 bits per heavy atom. The maximum absolute atomic E-state index is 13.1. The van der Waals surface area contributed by atoms with E-state index in [2.05, 4.69) is 35.3 Å². The molecule has 3 aromatic carbocycles. The average Bonchev–Trinajstić information content (AvgIpc) is 3.12. The summed E-state index contributed by atoms with van der Waals surface area (Å²) in [5, 5.41) is 3.50. The lowest BCUT2D eigenvalue weighted by Gasteiger charge is -2.20. The molecule has 5 nitrogen and oxygen atoms in total. The molecule has 3 aromatic rings. The van der Waals surface area contributed by atoms with Crippen molar-refractivity contribution in [3.63, 3.8) is 0 Å². The molecule has 0 unspecified atom stereocenters.